The predicted molar refractivity (Wildman–Crippen MR) is 265 cm³/mol. The van der Waals surface area contributed by atoms with Crippen LogP contribution in [0.3, 0.4) is 0 Å². The van der Waals surface area contributed by atoms with Crippen molar-refractivity contribution in [3.8, 4) is 11.5 Å². The number of rotatable bonds is 14. The van der Waals surface area contributed by atoms with Gasteiger partial charge in [-0.05, 0) is 139 Å². The van der Waals surface area contributed by atoms with Crippen LogP contribution in [0.15, 0.2) is 109 Å². The van der Waals surface area contributed by atoms with Gasteiger partial charge in [0.25, 0.3) is 11.8 Å². The van der Waals surface area contributed by atoms with Gasteiger partial charge in [0.1, 0.15) is 23.1 Å². The van der Waals surface area contributed by atoms with Gasteiger partial charge < -0.3 is 30.6 Å². The van der Waals surface area contributed by atoms with Gasteiger partial charge in [-0.2, -0.15) is 0 Å². The van der Waals surface area contributed by atoms with E-state index in [1.54, 1.807) is 96.4 Å². The molecule has 14 heteroatoms. The second-order valence-electron chi connectivity index (χ2n) is 15.6. The number of phenols is 2. The SMILES string of the molecule is CCN(CC)c1ccc(N(C(C)=O)c2cc(NC(=O)c3ccccc3)c(O)cc2C)c(C)n1.CCN(CC)c1ccc(N(C(C)=O)c2cc(NC(=O)c3ccccc3)c(O)cc2C)c(C)n1. The molecule has 0 radical (unpaired) electrons. The molecule has 66 heavy (non-hydrogen) atoms. The lowest BCUT2D eigenvalue weighted by molar-refractivity contribution is -0.116. The third-order valence-corrected chi connectivity index (χ3v) is 11.1. The van der Waals surface area contributed by atoms with E-state index in [-0.39, 0.29) is 46.5 Å². The molecule has 2 heterocycles. The summed E-state index contributed by atoms with van der Waals surface area (Å²) < 4.78 is 0. The molecule has 0 aliphatic carbocycles. The van der Waals surface area contributed by atoms with Crippen LogP contribution in [-0.4, -0.2) is 70.0 Å². The number of carbonyl (C=O) groups is 4. The van der Waals surface area contributed by atoms with Crippen molar-refractivity contribution in [1.82, 2.24) is 9.97 Å². The van der Waals surface area contributed by atoms with Crippen LogP contribution in [-0.2, 0) is 9.59 Å². The third-order valence-electron chi connectivity index (χ3n) is 11.1. The second kappa shape index (κ2) is 22.2. The largest absolute Gasteiger partial charge is 0.506 e. The van der Waals surface area contributed by atoms with Crippen LogP contribution >= 0.6 is 0 Å². The molecule has 0 spiro atoms. The van der Waals surface area contributed by atoms with E-state index in [4.69, 9.17) is 9.97 Å². The van der Waals surface area contributed by atoms with Gasteiger partial charge in [-0.15, -0.1) is 0 Å². The van der Waals surface area contributed by atoms with Crippen molar-refractivity contribution in [3.05, 3.63) is 143 Å². The van der Waals surface area contributed by atoms with Crippen LogP contribution in [0.1, 0.15) is 84.8 Å². The van der Waals surface area contributed by atoms with Gasteiger partial charge in [0.2, 0.25) is 11.8 Å². The first-order chi connectivity index (χ1) is 31.5. The highest BCUT2D eigenvalue weighted by Crippen LogP contribution is 2.39. The molecule has 6 aromatic rings. The lowest BCUT2D eigenvalue weighted by atomic mass is 10.1. The number of aryl methyl sites for hydroxylation is 4. The van der Waals surface area contributed by atoms with E-state index >= 15 is 0 Å². The molecule has 0 bridgehead atoms. The Morgan fingerprint density at radius 3 is 1.11 bits per heavy atom. The van der Waals surface area contributed by atoms with Crippen molar-refractivity contribution >= 4 is 69.4 Å². The molecule has 4 aromatic carbocycles. The Kier molecular flexibility index (Phi) is 16.6. The summed E-state index contributed by atoms with van der Waals surface area (Å²) in [6.07, 6.45) is 0. The molecular formula is C52H60N8O6. The van der Waals surface area contributed by atoms with Crippen molar-refractivity contribution in [1.29, 1.82) is 0 Å². The summed E-state index contributed by atoms with van der Waals surface area (Å²) in [5.74, 6) is 0.444. The molecule has 0 unspecified atom stereocenters. The smallest absolute Gasteiger partial charge is 0.255 e. The number of carbonyl (C=O) groups excluding carboxylic acids is 4. The Morgan fingerprint density at radius 1 is 0.485 bits per heavy atom. The zero-order valence-electron chi connectivity index (χ0n) is 39.4. The first-order valence-corrected chi connectivity index (χ1v) is 22.0. The minimum Gasteiger partial charge on any atom is -0.506 e. The van der Waals surface area contributed by atoms with Gasteiger partial charge >= 0.3 is 0 Å². The maximum absolute atomic E-state index is 12.8. The molecule has 0 atom stereocenters. The molecule has 6 rings (SSSR count). The number of pyridine rings is 2. The van der Waals surface area contributed by atoms with Crippen LogP contribution < -0.4 is 30.2 Å². The monoisotopic (exact) mass is 892 g/mol. The number of aromatic nitrogens is 2. The van der Waals surface area contributed by atoms with Crippen LogP contribution in [0.4, 0.5) is 45.8 Å². The van der Waals surface area contributed by atoms with Crippen molar-refractivity contribution in [2.24, 2.45) is 0 Å². The zero-order chi connectivity index (χ0) is 48.2. The maximum Gasteiger partial charge on any atom is 0.255 e. The van der Waals surface area contributed by atoms with Crippen LogP contribution in [0.2, 0.25) is 0 Å². The maximum atomic E-state index is 12.8. The first kappa shape index (κ1) is 49.3. The second-order valence-corrected chi connectivity index (χ2v) is 15.6. The fourth-order valence-electron chi connectivity index (χ4n) is 7.55. The number of benzene rings is 4. The van der Waals surface area contributed by atoms with E-state index in [0.717, 1.165) is 37.8 Å². The van der Waals surface area contributed by atoms with Crippen molar-refractivity contribution in [2.45, 2.75) is 69.2 Å². The summed E-state index contributed by atoms with van der Waals surface area (Å²) in [4.78, 5) is 67.6. The highest BCUT2D eigenvalue weighted by Gasteiger charge is 2.24. The fraction of sp³-hybridized carbons (Fsp3) is 0.269. The molecule has 2 aromatic heterocycles. The Morgan fingerprint density at radius 2 is 0.818 bits per heavy atom. The highest BCUT2D eigenvalue weighted by atomic mass is 16.3. The summed E-state index contributed by atoms with van der Waals surface area (Å²) in [7, 11) is 0. The summed E-state index contributed by atoms with van der Waals surface area (Å²) in [6, 6.07) is 31.4. The van der Waals surface area contributed by atoms with Crippen LogP contribution in [0.25, 0.3) is 0 Å². The normalized spacial score (nSPS) is 10.6. The average Bonchev–Trinajstić information content (AvgIpc) is 3.29. The number of amides is 4. The number of hydrogen-bond acceptors (Lipinski definition) is 10. The molecule has 0 aliphatic rings. The number of phenolic OH excluding ortho intramolecular Hbond substituents is 2. The number of aromatic hydroxyl groups is 2. The van der Waals surface area contributed by atoms with Crippen molar-refractivity contribution < 1.29 is 29.4 Å². The Labute approximate surface area is 387 Å². The lowest BCUT2D eigenvalue weighted by Crippen LogP contribution is -2.26. The predicted octanol–water partition coefficient (Wildman–Crippen LogP) is 10.4. The molecule has 4 N–H and O–H groups in total. The van der Waals surface area contributed by atoms with E-state index in [2.05, 4.69) is 48.1 Å². The molecule has 0 saturated heterocycles. The van der Waals surface area contributed by atoms with Crippen LogP contribution in [0.5, 0.6) is 11.5 Å². The topological polar surface area (TPSA) is 172 Å². The number of nitrogens with zero attached hydrogens (tertiary/aromatic N) is 6. The van der Waals surface area contributed by atoms with Gasteiger partial charge in [0.05, 0.1) is 45.5 Å². The van der Waals surface area contributed by atoms with E-state index in [9.17, 15) is 29.4 Å². The zero-order valence-corrected chi connectivity index (χ0v) is 39.4. The third kappa shape index (κ3) is 11.5. The molecule has 0 aliphatic heterocycles. The Hall–Kier alpha value is -7.74. The number of anilines is 8. The summed E-state index contributed by atoms with van der Waals surface area (Å²) >= 11 is 0. The molecule has 0 saturated carbocycles. The molecule has 0 fully saturated rings. The number of hydrogen-bond donors (Lipinski definition) is 4. The van der Waals surface area contributed by atoms with Gasteiger partial charge in [0.15, 0.2) is 0 Å². The van der Waals surface area contributed by atoms with Crippen molar-refractivity contribution in [2.75, 3.05) is 56.4 Å². The summed E-state index contributed by atoms with van der Waals surface area (Å²) in [5, 5.41) is 26.4. The number of nitrogens with one attached hydrogen (secondary N) is 2. The minimum absolute atomic E-state index is 0.0734. The Balaban J connectivity index is 0.000000247. The molecular weight excluding hydrogens is 833 g/mol. The lowest BCUT2D eigenvalue weighted by Gasteiger charge is -2.27. The van der Waals surface area contributed by atoms with Gasteiger partial charge in [-0.25, -0.2) is 9.97 Å². The van der Waals surface area contributed by atoms with E-state index in [1.807, 2.05) is 50.2 Å². The van der Waals surface area contributed by atoms with E-state index in [0.29, 0.717) is 56.4 Å². The van der Waals surface area contributed by atoms with E-state index in [1.165, 1.54) is 13.8 Å². The van der Waals surface area contributed by atoms with Gasteiger partial charge in [-0.1, -0.05) is 36.4 Å². The van der Waals surface area contributed by atoms with E-state index < -0.39 is 0 Å². The summed E-state index contributed by atoms with van der Waals surface area (Å²) in [6.45, 7) is 21.9. The standard InChI is InChI=1S/2C26H30N4O3/c2*1-6-29(7-2)25-14-13-22(18(4)27-25)30(19(5)31)23-16-21(24(32)15-17(23)3)28-26(33)20-11-9-8-10-12-20/h2*8-16,32H,6-7H2,1-5H3,(H,28,33). The average molecular weight is 893 g/mol. The fourth-order valence-corrected chi connectivity index (χ4v) is 7.55. The Bertz CT molecular complexity index is 2500. The van der Waals surface area contributed by atoms with Crippen LogP contribution in [0, 0.1) is 27.7 Å². The quantitative estimate of drug-likeness (QED) is 0.0772. The van der Waals surface area contributed by atoms with Gasteiger partial charge in [-0.3, -0.25) is 29.0 Å². The van der Waals surface area contributed by atoms with Crippen molar-refractivity contribution in [3.63, 3.8) is 0 Å². The minimum atomic E-state index is -0.350. The molecule has 344 valence electrons. The molecule has 4 amide bonds. The highest BCUT2D eigenvalue weighted by molar-refractivity contribution is 6.08. The van der Waals surface area contributed by atoms with Gasteiger partial charge in [0, 0.05) is 51.2 Å². The summed E-state index contributed by atoms with van der Waals surface area (Å²) in [5.41, 5.74) is 6.58. The molecule has 14 nitrogen and oxygen atoms in total. The first-order valence-electron chi connectivity index (χ1n) is 22.0.